The van der Waals surface area contributed by atoms with E-state index >= 15 is 0 Å². The monoisotopic (exact) mass is 458 g/mol. The second-order valence-corrected chi connectivity index (χ2v) is 18.3. The third kappa shape index (κ3) is 5.66. The molecule has 7 nitrogen and oxygen atoms in total. The van der Waals surface area contributed by atoms with Crippen molar-refractivity contribution in [1.82, 2.24) is 0 Å². The van der Waals surface area contributed by atoms with Gasteiger partial charge >= 0.3 is 15.0 Å². The highest BCUT2D eigenvalue weighted by Gasteiger charge is 2.71. The molecule has 2 atom stereocenters. The molecule has 0 radical (unpaired) electrons. The van der Waals surface area contributed by atoms with Crippen LogP contribution in [0.15, 0.2) is 0 Å². The average Bonchev–Trinajstić information content (AvgIpc) is 2.50. The second-order valence-electron chi connectivity index (χ2n) is 8.89. The molecule has 0 aliphatic carbocycles. The maximum Gasteiger partial charge on any atom is 0.371 e. The summed E-state index contributed by atoms with van der Waals surface area (Å²) in [5.74, 6) is -0.633. The molecule has 0 saturated heterocycles. The first kappa shape index (κ1) is 28.2. The predicted octanol–water partition coefficient (Wildman–Crippen LogP) is 6.30. The van der Waals surface area contributed by atoms with Gasteiger partial charge in [0.05, 0.1) is 19.8 Å². The molecular weight excluding hydrogens is 418 g/mol. The highest BCUT2D eigenvalue weighted by molar-refractivity contribution is 7.86. The summed E-state index contributed by atoms with van der Waals surface area (Å²) < 4.78 is 52.0. The van der Waals surface area contributed by atoms with Crippen LogP contribution in [0.2, 0.25) is 19.6 Å². The smallest absolute Gasteiger partial charge is 0.371 e. The van der Waals surface area contributed by atoms with E-state index in [9.17, 15) is 13.9 Å². The molecule has 0 aliphatic heterocycles. The molecule has 0 rings (SSSR count). The first-order valence-electron chi connectivity index (χ1n) is 9.88. The zero-order valence-corrected chi connectivity index (χ0v) is 22.2. The lowest BCUT2D eigenvalue weighted by atomic mass is 9.99. The molecule has 0 heterocycles. The van der Waals surface area contributed by atoms with Crippen LogP contribution in [0, 0.1) is 11.3 Å². The Labute approximate surface area is 172 Å². The summed E-state index contributed by atoms with van der Waals surface area (Å²) in [7, 11) is -11.0. The van der Waals surface area contributed by atoms with Crippen molar-refractivity contribution in [3.8, 4) is 0 Å². The Kier molecular flexibility index (Phi) is 10.1. The van der Waals surface area contributed by atoms with E-state index in [4.69, 9.17) is 18.0 Å². The highest BCUT2D eigenvalue weighted by Crippen LogP contribution is 2.81. The van der Waals surface area contributed by atoms with Crippen molar-refractivity contribution in [2.24, 2.45) is 11.3 Å². The summed E-state index contributed by atoms with van der Waals surface area (Å²) in [6, 6.07) is 0. The molecule has 0 saturated carbocycles. The van der Waals surface area contributed by atoms with Gasteiger partial charge in [-0.25, -0.2) is 0 Å². The number of carbonyl (C=O) groups is 1. The van der Waals surface area contributed by atoms with E-state index in [0.29, 0.717) is 0 Å². The molecule has 0 N–H and O–H groups in total. The summed E-state index contributed by atoms with van der Waals surface area (Å²) in [4.78, 5) is 13.5. The van der Waals surface area contributed by atoms with Crippen molar-refractivity contribution >= 4 is 28.8 Å². The van der Waals surface area contributed by atoms with E-state index in [1.54, 1.807) is 55.4 Å². The quantitative estimate of drug-likeness (QED) is 0.250. The topological polar surface area (TPSA) is 88.1 Å². The molecule has 0 aliphatic rings. The maximum absolute atomic E-state index is 14.5. The number of hydrogen-bond donors (Lipinski definition) is 0. The number of rotatable bonds is 12. The normalized spacial score (nSPS) is 18.0. The van der Waals surface area contributed by atoms with Crippen LogP contribution in [0.4, 0.5) is 0 Å². The zero-order chi connectivity index (χ0) is 22.6. The van der Waals surface area contributed by atoms with Crippen LogP contribution in [0.3, 0.4) is 0 Å². The maximum atomic E-state index is 14.5. The Balaban J connectivity index is 7.34. The van der Waals surface area contributed by atoms with Crippen LogP contribution < -0.4 is 0 Å². The van der Waals surface area contributed by atoms with Gasteiger partial charge in [0.1, 0.15) is 0 Å². The van der Waals surface area contributed by atoms with Gasteiger partial charge in [-0.1, -0.05) is 34.6 Å². The summed E-state index contributed by atoms with van der Waals surface area (Å²) in [6.07, 6.45) is 0. The van der Waals surface area contributed by atoms with Gasteiger partial charge in [-0.2, -0.15) is 0 Å². The van der Waals surface area contributed by atoms with E-state index in [-0.39, 0.29) is 19.8 Å². The first-order chi connectivity index (χ1) is 12.5. The Morgan fingerprint density at radius 1 is 0.893 bits per heavy atom. The molecule has 0 amide bonds. The van der Waals surface area contributed by atoms with Crippen LogP contribution in [0.5, 0.6) is 0 Å². The van der Waals surface area contributed by atoms with Crippen LogP contribution in [-0.2, 0) is 31.9 Å². The fourth-order valence-electron chi connectivity index (χ4n) is 2.98. The number of hydrogen-bond acceptors (Lipinski definition) is 7. The van der Waals surface area contributed by atoms with E-state index in [1.807, 2.05) is 19.6 Å². The minimum Gasteiger partial charge on any atom is -0.394 e. The van der Waals surface area contributed by atoms with Gasteiger partial charge in [0, 0.05) is 11.3 Å². The standard InChI is InChI=1S/C18H40O7P2Si/c1-12-22-26(20,16(19)17(6,7)8)18(15(4)5,25-28(9,10)11)27(21,23-13-2)24-14-3/h15H,12-14H2,1-11H3/t18-,26+/m1/s1. The third-order valence-corrected chi connectivity index (χ3v) is 12.5. The fourth-order valence-corrected chi connectivity index (χ4v) is 13.1. The lowest BCUT2D eigenvalue weighted by Crippen LogP contribution is -2.50. The second kappa shape index (κ2) is 10.00. The van der Waals surface area contributed by atoms with Gasteiger partial charge in [0.25, 0.3) is 0 Å². The third-order valence-electron chi connectivity index (χ3n) is 3.84. The summed E-state index contributed by atoms with van der Waals surface area (Å²) >= 11 is 0. The Morgan fingerprint density at radius 3 is 1.54 bits per heavy atom. The highest BCUT2D eigenvalue weighted by atomic mass is 31.2. The lowest BCUT2D eigenvalue weighted by Gasteiger charge is -2.48. The van der Waals surface area contributed by atoms with Crippen molar-refractivity contribution in [3.63, 3.8) is 0 Å². The van der Waals surface area contributed by atoms with Gasteiger partial charge in [-0.05, 0) is 40.4 Å². The van der Waals surface area contributed by atoms with Crippen LogP contribution in [0.25, 0.3) is 0 Å². The van der Waals surface area contributed by atoms with E-state index in [1.165, 1.54) is 0 Å². The summed E-state index contributed by atoms with van der Waals surface area (Å²) in [6.45, 7) is 19.1. The first-order valence-corrected chi connectivity index (χ1v) is 16.5. The summed E-state index contributed by atoms with van der Waals surface area (Å²) in [5.41, 5.74) is -1.63. The van der Waals surface area contributed by atoms with Crippen molar-refractivity contribution < 1.29 is 31.9 Å². The summed E-state index contributed by atoms with van der Waals surface area (Å²) in [5, 5.41) is -2.02. The minimum absolute atomic E-state index is 0.000869. The average molecular weight is 459 g/mol. The molecule has 10 heteroatoms. The SMILES string of the molecule is CCOP(=O)(OCC)[C@@](O[Si](C)(C)C)(C(C)C)[P@@](=O)(OCC)C(=O)C(C)(C)C. The van der Waals surface area contributed by atoms with E-state index in [2.05, 4.69) is 0 Å². The molecule has 0 aromatic carbocycles. The van der Waals surface area contributed by atoms with Gasteiger partial charge in [-0.15, -0.1) is 0 Å². The van der Waals surface area contributed by atoms with Crippen molar-refractivity contribution in [3.05, 3.63) is 0 Å². The van der Waals surface area contributed by atoms with Crippen molar-refractivity contribution in [2.75, 3.05) is 19.8 Å². The predicted molar refractivity (Wildman–Crippen MR) is 117 cm³/mol. The van der Waals surface area contributed by atoms with E-state index in [0.717, 1.165) is 0 Å². The van der Waals surface area contributed by atoms with E-state index < -0.39 is 45.2 Å². The molecule has 0 spiro atoms. The molecule has 28 heavy (non-hydrogen) atoms. The molecular formula is C18H40O7P2Si. The lowest BCUT2D eigenvalue weighted by molar-refractivity contribution is -0.120. The van der Waals surface area contributed by atoms with Crippen molar-refractivity contribution in [2.45, 2.75) is 80.1 Å². The molecule has 0 bridgehead atoms. The van der Waals surface area contributed by atoms with Gasteiger partial charge in [0.15, 0.2) is 8.32 Å². The Morgan fingerprint density at radius 2 is 1.29 bits per heavy atom. The van der Waals surface area contributed by atoms with Crippen LogP contribution in [0.1, 0.15) is 55.4 Å². The minimum atomic E-state index is -4.35. The van der Waals surface area contributed by atoms with Gasteiger partial charge in [0.2, 0.25) is 10.6 Å². The molecule has 0 unspecified atom stereocenters. The van der Waals surface area contributed by atoms with Gasteiger partial charge < -0.3 is 18.0 Å². The Bertz CT molecular complexity index is 612. The van der Waals surface area contributed by atoms with Crippen LogP contribution >= 0.6 is 15.0 Å². The molecule has 0 aromatic heterocycles. The largest absolute Gasteiger partial charge is 0.394 e. The zero-order valence-electron chi connectivity index (χ0n) is 19.5. The number of carbonyl (C=O) groups excluding carboxylic acids is 1. The fraction of sp³-hybridized carbons (Fsp3) is 0.944. The van der Waals surface area contributed by atoms with Crippen molar-refractivity contribution in [1.29, 1.82) is 0 Å². The molecule has 168 valence electrons. The molecule has 0 fully saturated rings. The molecule has 0 aromatic rings. The van der Waals surface area contributed by atoms with Crippen LogP contribution in [-0.4, -0.2) is 38.7 Å². The van der Waals surface area contributed by atoms with Gasteiger partial charge in [-0.3, -0.25) is 13.9 Å². The Hall–Kier alpha value is 0.187.